The van der Waals surface area contributed by atoms with Crippen molar-refractivity contribution in [2.45, 2.75) is 4.21 Å². The van der Waals surface area contributed by atoms with E-state index in [2.05, 4.69) is 36.1 Å². The molecule has 2 heterocycles. The van der Waals surface area contributed by atoms with Crippen molar-refractivity contribution >= 4 is 54.0 Å². The highest BCUT2D eigenvalue weighted by molar-refractivity contribution is 9.11. The van der Waals surface area contributed by atoms with Crippen molar-refractivity contribution in [2.75, 3.05) is 4.72 Å². The monoisotopic (exact) mass is 358 g/mol. The quantitative estimate of drug-likeness (QED) is 0.752. The molecule has 0 aliphatic heterocycles. The van der Waals surface area contributed by atoms with Gasteiger partial charge in [-0.05, 0) is 46.3 Å². The zero-order valence-electron chi connectivity index (χ0n) is 9.29. The van der Waals surface area contributed by atoms with Gasteiger partial charge in [-0.25, -0.2) is 8.42 Å². The van der Waals surface area contributed by atoms with Crippen molar-refractivity contribution in [1.29, 1.82) is 0 Å². The highest BCUT2D eigenvalue weighted by Gasteiger charge is 2.16. The fourth-order valence-electron chi connectivity index (χ4n) is 1.55. The molecule has 1 aromatic carbocycles. The lowest BCUT2D eigenvalue weighted by molar-refractivity contribution is 0.603. The Kier molecular flexibility index (Phi) is 3.03. The maximum Gasteiger partial charge on any atom is 0.271 e. The third-order valence-electron chi connectivity index (χ3n) is 2.38. The summed E-state index contributed by atoms with van der Waals surface area (Å²) in [4.78, 5) is 0. The van der Waals surface area contributed by atoms with Crippen LogP contribution in [0.15, 0.2) is 38.3 Å². The molecule has 0 radical (unpaired) electrons. The minimum Gasteiger partial charge on any atom is -0.279 e. The smallest absolute Gasteiger partial charge is 0.271 e. The molecule has 0 aliphatic carbocycles. The van der Waals surface area contributed by atoms with Crippen LogP contribution in [0.25, 0.3) is 11.0 Å². The first-order valence-electron chi connectivity index (χ1n) is 5.13. The third-order valence-corrected chi connectivity index (χ3v) is 5.88. The molecule has 0 spiro atoms. The number of rotatable bonds is 3. The minimum atomic E-state index is -3.56. The van der Waals surface area contributed by atoms with Crippen LogP contribution in [0.5, 0.6) is 0 Å². The lowest BCUT2D eigenvalue weighted by atomic mass is 10.3. The summed E-state index contributed by atoms with van der Waals surface area (Å²) in [5.41, 5.74) is 1.74. The summed E-state index contributed by atoms with van der Waals surface area (Å²) in [5, 5.41) is 10.3. The number of sulfonamides is 1. The predicted octanol–water partition coefficient (Wildman–Crippen LogP) is 2.58. The number of hydrogen-bond donors (Lipinski definition) is 2. The number of aromatic amines is 1. The van der Waals surface area contributed by atoms with Gasteiger partial charge in [-0.15, -0.1) is 11.3 Å². The van der Waals surface area contributed by atoms with E-state index in [9.17, 15) is 8.42 Å². The number of nitrogens with one attached hydrogen (secondary N) is 2. The van der Waals surface area contributed by atoms with E-state index in [1.54, 1.807) is 30.3 Å². The van der Waals surface area contributed by atoms with Gasteiger partial charge in [0.1, 0.15) is 15.2 Å². The van der Waals surface area contributed by atoms with Crippen molar-refractivity contribution in [2.24, 2.45) is 0 Å². The fraction of sp³-hybridized carbons (Fsp3) is 0. The second-order valence-corrected chi connectivity index (χ2v) is 8.06. The zero-order valence-corrected chi connectivity index (χ0v) is 12.5. The van der Waals surface area contributed by atoms with Gasteiger partial charge in [0.25, 0.3) is 10.0 Å². The molecular formula is C10H7BrN4O2S2. The summed E-state index contributed by atoms with van der Waals surface area (Å²) in [6, 6.07) is 8.21. The average molecular weight is 359 g/mol. The van der Waals surface area contributed by atoms with Crippen molar-refractivity contribution in [3.05, 3.63) is 34.1 Å². The molecule has 2 N–H and O–H groups in total. The molecule has 0 atom stereocenters. The van der Waals surface area contributed by atoms with E-state index in [1.807, 2.05) is 0 Å². The van der Waals surface area contributed by atoms with Gasteiger partial charge >= 0.3 is 0 Å². The number of thiophene rings is 1. The maximum absolute atomic E-state index is 12.1. The van der Waals surface area contributed by atoms with E-state index in [4.69, 9.17) is 0 Å². The number of fused-ring (bicyclic) bond motifs is 1. The summed E-state index contributed by atoms with van der Waals surface area (Å²) >= 11 is 4.39. The van der Waals surface area contributed by atoms with E-state index in [1.165, 1.54) is 0 Å². The summed E-state index contributed by atoms with van der Waals surface area (Å²) in [6.07, 6.45) is 0. The van der Waals surface area contributed by atoms with Gasteiger partial charge in [-0.1, -0.05) is 0 Å². The summed E-state index contributed by atoms with van der Waals surface area (Å²) in [5.74, 6) is 0. The number of nitrogens with zero attached hydrogens (tertiary/aromatic N) is 2. The van der Waals surface area contributed by atoms with Gasteiger partial charge in [0.2, 0.25) is 0 Å². The fourth-order valence-corrected chi connectivity index (χ4v) is 4.61. The maximum atomic E-state index is 12.1. The largest absolute Gasteiger partial charge is 0.279 e. The Morgan fingerprint density at radius 3 is 2.68 bits per heavy atom. The Morgan fingerprint density at radius 1 is 1.16 bits per heavy atom. The summed E-state index contributed by atoms with van der Waals surface area (Å²) in [7, 11) is -3.56. The SMILES string of the molecule is O=S(=O)(Nc1ccc2n[nH]nc2c1)c1ccc(Br)s1. The Bertz CT molecular complexity index is 840. The van der Waals surface area contributed by atoms with Gasteiger partial charge < -0.3 is 0 Å². The normalized spacial score (nSPS) is 11.8. The molecule has 3 rings (SSSR count). The Labute approximate surface area is 121 Å². The molecule has 0 saturated heterocycles. The second kappa shape index (κ2) is 4.58. The van der Waals surface area contributed by atoms with E-state index in [-0.39, 0.29) is 4.21 Å². The van der Waals surface area contributed by atoms with Crippen molar-refractivity contribution < 1.29 is 8.42 Å². The van der Waals surface area contributed by atoms with Crippen LogP contribution in [0.3, 0.4) is 0 Å². The molecule has 0 saturated carbocycles. The van der Waals surface area contributed by atoms with E-state index < -0.39 is 10.0 Å². The lowest BCUT2D eigenvalue weighted by Crippen LogP contribution is -2.11. The van der Waals surface area contributed by atoms with Crippen LogP contribution in [0.2, 0.25) is 0 Å². The number of benzene rings is 1. The van der Waals surface area contributed by atoms with Gasteiger partial charge in [0.05, 0.1) is 9.47 Å². The van der Waals surface area contributed by atoms with Crippen LogP contribution in [-0.2, 0) is 10.0 Å². The molecule has 98 valence electrons. The molecular weight excluding hydrogens is 352 g/mol. The highest BCUT2D eigenvalue weighted by atomic mass is 79.9. The second-order valence-electron chi connectivity index (χ2n) is 3.69. The van der Waals surface area contributed by atoms with Crippen molar-refractivity contribution in [3.63, 3.8) is 0 Å². The molecule has 0 unspecified atom stereocenters. The summed E-state index contributed by atoms with van der Waals surface area (Å²) in [6.45, 7) is 0. The number of halogens is 1. The molecule has 0 bridgehead atoms. The molecule has 2 aromatic heterocycles. The Morgan fingerprint density at radius 2 is 1.95 bits per heavy atom. The van der Waals surface area contributed by atoms with Gasteiger partial charge in [-0.2, -0.15) is 15.4 Å². The molecule has 0 fully saturated rings. The van der Waals surface area contributed by atoms with Crippen LogP contribution in [0.4, 0.5) is 5.69 Å². The predicted molar refractivity (Wildman–Crippen MR) is 76.7 cm³/mol. The van der Waals surface area contributed by atoms with Crippen molar-refractivity contribution in [3.8, 4) is 0 Å². The van der Waals surface area contributed by atoms with E-state index in [0.717, 1.165) is 15.1 Å². The highest BCUT2D eigenvalue weighted by Crippen LogP contribution is 2.28. The molecule has 9 heteroatoms. The molecule has 0 amide bonds. The Hall–Kier alpha value is -1.45. The van der Waals surface area contributed by atoms with Crippen LogP contribution in [-0.4, -0.2) is 23.8 Å². The summed E-state index contributed by atoms with van der Waals surface area (Å²) < 4.78 is 27.8. The molecule has 19 heavy (non-hydrogen) atoms. The van der Waals surface area contributed by atoms with Crippen LogP contribution in [0, 0.1) is 0 Å². The third kappa shape index (κ3) is 2.48. The first-order valence-corrected chi connectivity index (χ1v) is 8.22. The number of H-pyrrole nitrogens is 1. The standard InChI is InChI=1S/C10H7BrN4O2S2/c11-9-3-4-10(18-9)19(16,17)14-6-1-2-7-8(5-6)13-15-12-7/h1-5,14H,(H,12,13,15). The topological polar surface area (TPSA) is 87.7 Å². The minimum absolute atomic E-state index is 0.250. The number of hydrogen-bond acceptors (Lipinski definition) is 5. The molecule has 0 aliphatic rings. The zero-order chi connectivity index (χ0) is 13.5. The van der Waals surface area contributed by atoms with Crippen LogP contribution >= 0.6 is 27.3 Å². The van der Waals surface area contributed by atoms with Gasteiger partial charge in [0.15, 0.2) is 0 Å². The first-order chi connectivity index (χ1) is 9.04. The first kappa shape index (κ1) is 12.6. The lowest BCUT2D eigenvalue weighted by Gasteiger charge is -2.05. The van der Waals surface area contributed by atoms with Gasteiger partial charge in [-0.3, -0.25) is 4.72 Å². The van der Waals surface area contributed by atoms with E-state index >= 15 is 0 Å². The van der Waals surface area contributed by atoms with Crippen LogP contribution in [0.1, 0.15) is 0 Å². The molecule has 3 aromatic rings. The number of anilines is 1. The Balaban J connectivity index is 1.95. The molecule has 6 nitrogen and oxygen atoms in total. The van der Waals surface area contributed by atoms with Crippen LogP contribution < -0.4 is 4.72 Å². The van der Waals surface area contributed by atoms with Crippen molar-refractivity contribution in [1.82, 2.24) is 15.4 Å². The van der Waals surface area contributed by atoms with E-state index in [0.29, 0.717) is 16.7 Å². The number of aromatic nitrogens is 3. The van der Waals surface area contributed by atoms with Gasteiger partial charge in [0, 0.05) is 0 Å². The average Bonchev–Trinajstić information content (AvgIpc) is 2.96.